The number of hydrogen-bond acceptors (Lipinski definition) is 2. The molecule has 0 aliphatic carbocycles. The SMILES string of the molecule is CCCNCCC(C)(C)c1cc(C)ccc1OCC. The summed E-state index contributed by atoms with van der Waals surface area (Å²) in [6, 6.07) is 6.50. The number of aryl methyl sites for hydroxylation is 1. The van der Waals surface area contributed by atoms with E-state index in [2.05, 4.69) is 51.2 Å². The number of rotatable bonds is 8. The maximum atomic E-state index is 5.79. The minimum atomic E-state index is 0.136. The van der Waals surface area contributed by atoms with Gasteiger partial charge < -0.3 is 10.1 Å². The zero-order valence-electron chi connectivity index (χ0n) is 13.2. The lowest BCUT2D eigenvalue weighted by Crippen LogP contribution is -2.26. The van der Waals surface area contributed by atoms with Gasteiger partial charge in [-0.25, -0.2) is 0 Å². The Hall–Kier alpha value is -1.02. The molecule has 0 unspecified atom stereocenters. The molecule has 0 saturated carbocycles. The molecule has 0 amide bonds. The number of ether oxygens (including phenoxy) is 1. The Morgan fingerprint density at radius 3 is 2.53 bits per heavy atom. The molecule has 2 heteroatoms. The van der Waals surface area contributed by atoms with Crippen LogP contribution in [0.1, 0.15) is 51.7 Å². The highest BCUT2D eigenvalue weighted by atomic mass is 16.5. The first-order valence-electron chi connectivity index (χ1n) is 7.46. The highest BCUT2D eigenvalue weighted by Crippen LogP contribution is 2.34. The molecule has 0 bridgehead atoms. The van der Waals surface area contributed by atoms with Crippen LogP contribution in [-0.4, -0.2) is 19.7 Å². The van der Waals surface area contributed by atoms with Gasteiger partial charge in [-0.1, -0.05) is 38.5 Å². The molecule has 1 aromatic carbocycles. The minimum absolute atomic E-state index is 0.136. The van der Waals surface area contributed by atoms with E-state index in [1.165, 1.54) is 17.5 Å². The van der Waals surface area contributed by atoms with Crippen LogP contribution in [0, 0.1) is 6.92 Å². The lowest BCUT2D eigenvalue weighted by atomic mass is 9.80. The molecule has 0 saturated heterocycles. The largest absolute Gasteiger partial charge is 0.494 e. The summed E-state index contributed by atoms with van der Waals surface area (Å²) in [6.07, 6.45) is 2.31. The van der Waals surface area contributed by atoms with Gasteiger partial charge in [0, 0.05) is 5.56 Å². The maximum Gasteiger partial charge on any atom is 0.123 e. The van der Waals surface area contributed by atoms with Crippen molar-refractivity contribution in [2.45, 2.75) is 52.9 Å². The molecular weight excluding hydrogens is 234 g/mol. The molecular formula is C17H29NO. The van der Waals surface area contributed by atoms with E-state index in [1.54, 1.807) is 0 Å². The topological polar surface area (TPSA) is 21.3 Å². The van der Waals surface area contributed by atoms with Gasteiger partial charge >= 0.3 is 0 Å². The third-order valence-corrected chi connectivity index (χ3v) is 3.52. The number of benzene rings is 1. The third kappa shape index (κ3) is 4.87. The van der Waals surface area contributed by atoms with Crippen LogP contribution in [0.3, 0.4) is 0 Å². The predicted molar refractivity (Wildman–Crippen MR) is 83.2 cm³/mol. The lowest BCUT2D eigenvalue weighted by Gasteiger charge is -2.28. The predicted octanol–water partition coefficient (Wildman–Crippen LogP) is 4.06. The van der Waals surface area contributed by atoms with Crippen molar-refractivity contribution in [1.29, 1.82) is 0 Å². The van der Waals surface area contributed by atoms with Gasteiger partial charge in [0.1, 0.15) is 5.75 Å². The van der Waals surface area contributed by atoms with Crippen molar-refractivity contribution >= 4 is 0 Å². The Morgan fingerprint density at radius 2 is 1.89 bits per heavy atom. The van der Waals surface area contributed by atoms with Crippen LogP contribution in [0.5, 0.6) is 5.75 Å². The summed E-state index contributed by atoms with van der Waals surface area (Å²) in [5.74, 6) is 1.04. The van der Waals surface area contributed by atoms with Crippen molar-refractivity contribution in [3.05, 3.63) is 29.3 Å². The molecule has 0 aliphatic heterocycles. The molecule has 1 rings (SSSR count). The normalized spacial score (nSPS) is 11.6. The van der Waals surface area contributed by atoms with Gasteiger partial charge in [0.05, 0.1) is 6.61 Å². The van der Waals surface area contributed by atoms with Crippen LogP contribution in [-0.2, 0) is 5.41 Å². The van der Waals surface area contributed by atoms with E-state index in [4.69, 9.17) is 4.74 Å². The summed E-state index contributed by atoms with van der Waals surface area (Å²) in [5, 5.41) is 3.49. The Balaban J connectivity index is 2.82. The Kier molecular flexibility index (Phi) is 6.36. The maximum absolute atomic E-state index is 5.79. The Bertz CT molecular complexity index is 385. The van der Waals surface area contributed by atoms with Crippen molar-refractivity contribution in [2.75, 3.05) is 19.7 Å². The molecule has 0 aromatic heterocycles. The van der Waals surface area contributed by atoms with E-state index in [-0.39, 0.29) is 5.41 Å². The van der Waals surface area contributed by atoms with Gasteiger partial charge in [-0.15, -0.1) is 0 Å². The summed E-state index contributed by atoms with van der Waals surface area (Å²) < 4.78 is 5.79. The van der Waals surface area contributed by atoms with Crippen LogP contribution in [0.2, 0.25) is 0 Å². The molecule has 108 valence electrons. The van der Waals surface area contributed by atoms with Crippen LogP contribution < -0.4 is 10.1 Å². The Morgan fingerprint density at radius 1 is 1.16 bits per heavy atom. The molecule has 0 radical (unpaired) electrons. The molecule has 0 heterocycles. The van der Waals surface area contributed by atoms with Gasteiger partial charge in [-0.2, -0.15) is 0 Å². The lowest BCUT2D eigenvalue weighted by molar-refractivity contribution is 0.324. The molecule has 0 atom stereocenters. The Labute approximate surface area is 118 Å². The fourth-order valence-electron chi connectivity index (χ4n) is 2.29. The van der Waals surface area contributed by atoms with Crippen molar-refractivity contribution in [1.82, 2.24) is 5.32 Å². The van der Waals surface area contributed by atoms with Crippen LogP contribution in [0.4, 0.5) is 0 Å². The second kappa shape index (κ2) is 7.54. The fraction of sp³-hybridized carbons (Fsp3) is 0.647. The second-order valence-electron chi connectivity index (χ2n) is 5.82. The summed E-state index contributed by atoms with van der Waals surface area (Å²) >= 11 is 0. The van der Waals surface area contributed by atoms with E-state index in [0.29, 0.717) is 0 Å². The van der Waals surface area contributed by atoms with E-state index >= 15 is 0 Å². The molecule has 1 N–H and O–H groups in total. The molecule has 19 heavy (non-hydrogen) atoms. The summed E-state index contributed by atoms with van der Waals surface area (Å²) in [4.78, 5) is 0. The first-order chi connectivity index (χ1) is 9.01. The van der Waals surface area contributed by atoms with E-state index in [1.807, 2.05) is 6.92 Å². The molecule has 2 nitrogen and oxygen atoms in total. The van der Waals surface area contributed by atoms with Crippen molar-refractivity contribution in [3.63, 3.8) is 0 Å². The first kappa shape index (κ1) is 16.0. The van der Waals surface area contributed by atoms with E-state index < -0.39 is 0 Å². The zero-order chi connectivity index (χ0) is 14.3. The number of nitrogens with one attached hydrogen (secondary N) is 1. The monoisotopic (exact) mass is 263 g/mol. The van der Waals surface area contributed by atoms with Gasteiger partial charge in [0.15, 0.2) is 0 Å². The molecule has 0 fully saturated rings. The molecule has 0 aliphatic rings. The van der Waals surface area contributed by atoms with E-state index in [0.717, 1.165) is 31.9 Å². The van der Waals surface area contributed by atoms with Crippen molar-refractivity contribution in [3.8, 4) is 5.75 Å². The van der Waals surface area contributed by atoms with Gasteiger partial charge in [-0.3, -0.25) is 0 Å². The minimum Gasteiger partial charge on any atom is -0.494 e. The summed E-state index contributed by atoms with van der Waals surface area (Å²) in [6.45, 7) is 13.9. The molecule has 1 aromatic rings. The van der Waals surface area contributed by atoms with Crippen LogP contribution in [0.25, 0.3) is 0 Å². The standard InChI is InChI=1S/C17H29NO/c1-6-11-18-12-10-17(4,5)15-13-14(3)8-9-16(15)19-7-2/h8-9,13,18H,6-7,10-12H2,1-5H3. The zero-order valence-corrected chi connectivity index (χ0v) is 13.2. The quantitative estimate of drug-likeness (QED) is 0.714. The van der Waals surface area contributed by atoms with Crippen molar-refractivity contribution < 1.29 is 4.74 Å². The van der Waals surface area contributed by atoms with E-state index in [9.17, 15) is 0 Å². The van der Waals surface area contributed by atoms with Crippen molar-refractivity contribution in [2.24, 2.45) is 0 Å². The average Bonchev–Trinajstić information content (AvgIpc) is 2.37. The van der Waals surface area contributed by atoms with Gasteiger partial charge in [0.2, 0.25) is 0 Å². The summed E-state index contributed by atoms with van der Waals surface area (Å²) in [5.41, 5.74) is 2.76. The third-order valence-electron chi connectivity index (χ3n) is 3.52. The first-order valence-corrected chi connectivity index (χ1v) is 7.46. The smallest absolute Gasteiger partial charge is 0.123 e. The summed E-state index contributed by atoms with van der Waals surface area (Å²) in [7, 11) is 0. The van der Waals surface area contributed by atoms with Gasteiger partial charge in [-0.05, 0) is 51.3 Å². The fourth-order valence-corrected chi connectivity index (χ4v) is 2.29. The molecule has 0 spiro atoms. The van der Waals surface area contributed by atoms with Crippen LogP contribution >= 0.6 is 0 Å². The van der Waals surface area contributed by atoms with Gasteiger partial charge in [0.25, 0.3) is 0 Å². The average molecular weight is 263 g/mol. The number of hydrogen-bond donors (Lipinski definition) is 1. The second-order valence-corrected chi connectivity index (χ2v) is 5.82. The van der Waals surface area contributed by atoms with Crippen LogP contribution in [0.15, 0.2) is 18.2 Å². The highest BCUT2D eigenvalue weighted by Gasteiger charge is 2.24. The highest BCUT2D eigenvalue weighted by molar-refractivity contribution is 5.41.